The molecule has 3 rings (SSSR count). The predicted molar refractivity (Wildman–Crippen MR) is 117 cm³/mol. The normalized spacial score (nSPS) is 15.5. The van der Waals surface area contributed by atoms with E-state index in [1.165, 1.54) is 18.5 Å². The molecule has 1 fully saturated rings. The highest BCUT2D eigenvalue weighted by atomic mass is 127. The Morgan fingerprint density at radius 3 is 2.70 bits per heavy atom. The number of pyridine rings is 1. The topological polar surface area (TPSA) is 117 Å². The third kappa shape index (κ3) is 5.99. The molecule has 0 spiro atoms. The van der Waals surface area contributed by atoms with Gasteiger partial charge in [0.25, 0.3) is 0 Å². The minimum atomic E-state index is -3.56. The van der Waals surface area contributed by atoms with E-state index in [4.69, 9.17) is 5.73 Å². The molecule has 0 aromatic carbocycles. The minimum absolute atomic E-state index is 0. The number of aliphatic imine (C=N–C) groups is 1. The number of anilines is 1. The van der Waals surface area contributed by atoms with Crippen molar-refractivity contribution in [3.05, 3.63) is 36.1 Å². The lowest BCUT2D eigenvalue weighted by molar-refractivity contribution is 0.380. The van der Waals surface area contributed by atoms with Crippen LogP contribution in [0.1, 0.15) is 0 Å². The fraction of sp³-hybridized carbons (Fsp3) is 0.400. The second-order valence-electron chi connectivity index (χ2n) is 5.62. The van der Waals surface area contributed by atoms with Crippen molar-refractivity contribution >= 4 is 56.4 Å². The molecule has 27 heavy (non-hydrogen) atoms. The van der Waals surface area contributed by atoms with Crippen LogP contribution in [0.4, 0.5) is 5.13 Å². The zero-order valence-corrected chi connectivity index (χ0v) is 18.5. The van der Waals surface area contributed by atoms with Crippen molar-refractivity contribution in [2.24, 2.45) is 10.7 Å². The Morgan fingerprint density at radius 2 is 2.07 bits per heavy atom. The van der Waals surface area contributed by atoms with Gasteiger partial charge in [0.15, 0.2) is 11.1 Å². The number of halogens is 1. The van der Waals surface area contributed by atoms with Crippen molar-refractivity contribution in [2.75, 3.05) is 44.2 Å². The number of nitrogens with two attached hydrogens (primary N) is 1. The van der Waals surface area contributed by atoms with Crippen LogP contribution in [0.25, 0.3) is 0 Å². The van der Waals surface area contributed by atoms with Crippen LogP contribution in [0.2, 0.25) is 0 Å². The van der Waals surface area contributed by atoms with Crippen LogP contribution in [0, 0.1) is 0 Å². The van der Waals surface area contributed by atoms with Crippen LogP contribution in [0.3, 0.4) is 0 Å². The first-order valence-electron chi connectivity index (χ1n) is 8.15. The van der Waals surface area contributed by atoms with E-state index in [2.05, 4.69) is 24.6 Å². The van der Waals surface area contributed by atoms with Crippen molar-refractivity contribution in [1.29, 1.82) is 0 Å². The molecule has 2 aromatic heterocycles. The summed E-state index contributed by atoms with van der Waals surface area (Å²) in [7, 11) is -3.56. The second-order valence-corrected chi connectivity index (χ2v) is 8.26. The van der Waals surface area contributed by atoms with Gasteiger partial charge in [-0.05, 0) is 12.1 Å². The Kier molecular flexibility index (Phi) is 8.19. The standard InChI is InChI=1S/C15H21N7O2S2.HI/c16-14(21-7-9-22(10-8-21)15-19-6-11-25-15)18-4-5-20-26(23,24)13-2-1-3-17-12-13;/h1-3,6,11-12,20H,4-5,7-10H2,(H2,16,18);1H. The molecule has 0 unspecified atom stereocenters. The lowest BCUT2D eigenvalue weighted by Gasteiger charge is -2.35. The summed E-state index contributed by atoms with van der Waals surface area (Å²) in [6.45, 7) is 3.64. The molecule has 12 heteroatoms. The molecule has 0 aliphatic carbocycles. The summed E-state index contributed by atoms with van der Waals surface area (Å²) in [5.41, 5.74) is 6.03. The van der Waals surface area contributed by atoms with E-state index < -0.39 is 10.0 Å². The number of nitrogens with zero attached hydrogens (tertiary/aromatic N) is 5. The Labute approximate surface area is 179 Å². The van der Waals surface area contributed by atoms with Crippen molar-refractivity contribution in [3.8, 4) is 0 Å². The smallest absolute Gasteiger partial charge is 0.242 e. The molecular formula is C15H22IN7O2S2. The van der Waals surface area contributed by atoms with Crippen molar-refractivity contribution < 1.29 is 8.42 Å². The summed E-state index contributed by atoms with van der Waals surface area (Å²) in [6, 6.07) is 3.07. The van der Waals surface area contributed by atoms with Gasteiger partial charge < -0.3 is 15.5 Å². The van der Waals surface area contributed by atoms with Crippen LogP contribution < -0.4 is 15.4 Å². The fourth-order valence-electron chi connectivity index (χ4n) is 2.54. The first-order valence-corrected chi connectivity index (χ1v) is 10.5. The van der Waals surface area contributed by atoms with Crippen LogP contribution in [-0.2, 0) is 10.0 Å². The Morgan fingerprint density at radius 1 is 1.30 bits per heavy atom. The number of thiazole rings is 1. The monoisotopic (exact) mass is 523 g/mol. The summed E-state index contributed by atoms with van der Waals surface area (Å²) in [5, 5.41) is 2.98. The predicted octanol–water partition coefficient (Wildman–Crippen LogP) is 0.571. The Hall–Kier alpha value is -1.51. The Balaban J connectivity index is 0.00000261. The van der Waals surface area contributed by atoms with Gasteiger partial charge >= 0.3 is 0 Å². The highest BCUT2D eigenvalue weighted by Crippen LogP contribution is 2.18. The van der Waals surface area contributed by atoms with Crippen LogP contribution in [0.15, 0.2) is 46.0 Å². The van der Waals surface area contributed by atoms with E-state index in [0.29, 0.717) is 5.96 Å². The van der Waals surface area contributed by atoms with E-state index in [9.17, 15) is 8.42 Å². The summed E-state index contributed by atoms with van der Waals surface area (Å²) in [6.07, 6.45) is 4.63. The maximum Gasteiger partial charge on any atom is 0.242 e. The third-order valence-corrected chi connectivity index (χ3v) is 6.19. The molecule has 0 bridgehead atoms. The molecule has 1 aliphatic heterocycles. The van der Waals surface area contributed by atoms with Gasteiger partial charge in [0, 0.05) is 56.7 Å². The van der Waals surface area contributed by atoms with Crippen molar-refractivity contribution in [1.82, 2.24) is 19.6 Å². The van der Waals surface area contributed by atoms with Gasteiger partial charge in [-0.3, -0.25) is 9.98 Å². The average Bonchev–Trinajstić information content (AvgIpc) is 3.21. The number of nitrogens with one attached hydrogen (secondary N) is 1. The molecule has 0 atom stereocenters. The SMILES string of the molecule is I.NC(=NCCNS(=O)(=O)c1cccnc1)N1CCN(c2nccs2)CC1. The number of rotatable bonds is 6. The van der Waals surface area contributed by atoms with Crippen LogP contribution >= 0.6 is 35.3 Å². The fourth-order valence-corrected chi connectivity index (χ4v) is 4.22. The van der Waals surface area contributed by atoms with E-state index in [1.807, 2.05) is 10.3 Å². The molecule has 0 amide bonds. The van der Waals surface area contributed by atoms with Crippen LogP contribution in [-0.4, -0.2) is 68.5 Å². The number of piperazine rings is 1. The summed E-state index contributed by atoms with van der Waals surface area (Å²) in [5.74, 6) is 0.435. The largest absolute Gasteiger partial charge is 0.370 e. The maximum absolute atomic E-state index is 12.1. The average molecular weight is 523 g/mol. The molecule has 1 saturated heterocycles. The minimum Gasteiger partial charge on any atom is -0.370 e. The molecule has 2 aromatic rings. The number of aromatic nitrogens is 2. The first-order chi connectivity index (χ1) is 12.6. The number of hydrogen-bond acceptors (Lipinski definition) is 7. The molecular weight excluding hydrogens is 501 g/mol. The maximum atomic E-state index is 12.1. The number of guanidine groups is 1. The molecule has 9 nitrogen and oxygen atoms in total. The molecule has 0 radical (unpaired) electrons. The molecule has 1 aliphatic rings. The van der Waals surface area contributed by atoms with Gasteiger partial charge in [-0.1, -0.05) is 0 Å². The van der Waals surface area contributed by atoms with Crippen LogP contribution in [0.5, 0.6) is 0 Å². The lowest BCUT2D eigenvalue weighted by Crippen LogP contribution is -2.51. The molecule has 3 N–H and O–H groups in total. The van der Waals surface area contributed by atoms with Gasteiger partial charge in [-0.25, -0.2) is 18.1 Å². The molecule has 0 saturated carbocycles. The summed E-state index contributed by atoms with van der Waals surface area (Å²) < 4.78 is 26.6. The zero-order valence-electron chi connectivity index (χ0n) is 14.6. The number of hydrogen-bond donors (Lipinski definition) is 2. The Bertz CT molecular complexity index is 823. The lowest BCUT2D eigenvalue weighted by atomic mass is 10.3. The quantitative estimate of drug-likeness (QED) is 0.246. The summed E-state index contributed by atoms with van der Waals surface area (Å²) >= 11 is 1.62. The van der Waals surface area contributed by atoms with E-state index in [1.54, 1.807) is 23.6 Å². The zero-order chi connectivity index (χ0) is 18.4. The van der Waals surface area contributed by atoms with Gasteiger partial charge in [0.05, 0.1) is 6.54 Å². The number of sulfonamides is 1. The van der Waals surface area contributed by atoms with Crippen molar-refractivity contribution in [3.63, 3.8) is 0 Å². The third-order valence-electron chi connectivity index (χ3n) is 3.92. The first kappa shape index (κ1) is 21.8. The van der Waals surface area contributed by atoms with E-state index >= 15 is 0 Å². The van der Waals surface area contributed by atoms with E-state index in [-0.39, 0.29) is 42.0 Å². The highest BCUT2D eigenvalue weighted by Gasteiger charge is 2.19. The van der Waals surface area contributed by atoms with Crippen molar-refractivity contribution in [2.45, 2.75) is 4.90 Å². The molecule has 148 valence electrons. The highest BCUT2D eigenvalue weighted by molar-refractivity contribution is 14.0. The van der Waals surface area contributed by atoms with Gasteiger partial charge in [-0.2, -0.15) is 0 Å². The van der Waals surface area contributed by atoms with E-state index in [0.717, 1.165) is 31.3 Å². The second kappa shape index (κ2) is 10.1. The van der Waals surface area contributed by atoms with Gasteiger partial charge in [0.2, 0.25) is 10.0 Å². The van der Waals surface area contributed by atoms with Gasteiger partial charge in [0.1, 0.15) is 4.90 Å². The summed E-state index contributed by atoms with van der Waals surface area (Å²) in [4.78, 5) is 16.8. The molecule has 3 heterocycles. The van der Waals surface area contributed by atoms with Gasteiger partial charge in [-0.15, -0.1) is 35.3 Å².